The number of sulfonamides is 1. The summed E-state index contributed by atoms with van der Waals surface area (Å²) in [5.41, 5.74) is 0.475. The average molecular weight is 327 g/mol. The third kappa shape index (κ3) is 2.37. The van der Waals surface area contributed by atoms with Gasteiger partial charge >= 0.3 is 0 Å². The fourth-order valence-electron chi connectivity index (χ4n) is 2.42. The summed E-state index contributed by atoms with van der Waals surface area (Å²) in [5, 5.41) is 3.80. The maximum Gasteiger partial charge on any atom is 0.258 e. The second-order valence-corrected chi connectivity index (χ2v) is 8.45. The smallest absolute Gasteiger partial charge is 0.256 e. The lowest BCUT2D eigenvalue weighted by Gasteiger charge is -2.13. The molecule has 9 heteroatoms. The summed E-state index contributed by atoms with van der Waals surface area (Å²) < 4.78 is 52.4. The summed E-state index contributed by atoms with van der Waals surface area (Å²) in [7, 11) is -5.79. The first-order chi connectivity index (χ1) is 9.81. The zero-order valence-electron chi connectivity index (χ0n) is 11.1. The highest BCUT2D eigenvalue weighted by molar-refractivity contribution is 7.92. The average Bonchev–Trinajstić information content (AvgIpc) is 2.93. The van der Waals surface area contributed by atoms with Crippen LogP contribution in [0.25, 0.3) is 0 Å². The first kappa shape index (κ1) is 14.2. The van der Waals surface area contributed by atoms with Gasteiger partial charge in [-0.2, -0.15) is 5.10 Å². The van der Waals surface area contributed by atoms with Crippen molar-refractivity contribution in [2.24, 2.45) is 7.05 Å². The third-order valence-corrected chi connectivity index (χ3v) is 6.72. The molecule has 2 aromatic rings. The van der Waals surface area contributed by atoms with Gasteiger partial charge in [0, 0.05) is 7.05 Å². The summed E-state index contributed by atoms with van der Waals surface area (Å²) in [6, 6.07) is 6.99. The van der Waals surface area contributed by atoms with Gasteiger partial charge in [-0.15, -0.1) is 0 Å². The van der Waals surface area contributed by atoms with Gasteiger partial charge in [-0.25, -0.2) is 21.6 Å². The minimum absolute atomic E-state index is 0.00993. The van der Waals surface area contributed by atoms with Crippen molar-refractivity contribution in [2.45, 2.75) is 16.0 Å². The van der Waals surface area contributed by atoms with Crippen molar-refractivity contribution >= 4 is 19.9 Å². The number of aromatic nitrogens is 2. The molecular formula is C12H13N3O4S2. The number of aryl methyl sites for hydroxylation is 1. The molecule has 0 unspecified atom stereocenters. The number of fused-ring (bicyclic) bond motifs is 1. The molecule has 0 saturated heterocycles. The largest absolute Gasteiger partial charge is 0.258 e. The van der Waals surface area contributed by atoms with Crippen LogP contribution in [0.3, 0.4) is 0 Å². The van der Waals surface area contributed by atoms with E-state index in [1.807, 2.05) is 0 Å². The monoisotopic (exact) mass is 327 g/mol. The maximum absolute atomic E-state index is 12.3. The number of hydrogen-bond donors (Lipinski definition) is 1. The van der Waals surface area contributed by atoms with Crippen LogP contribution in [0.5, 0.6) is 0 Å². The minimum Gasteiger partial charge on any atom is -0.256 e. The number of nitrogens with one attached hydrogen (secondary N) is 1. The molecule has 1 aromatic heterocycles. The topological polar surface area (TPSA) is 98.1 Å². The van der Waals surface area contributed by atoms with E-state index in [0.29, 0.717) is 5.56 Å². The summed E-state index contributed by atoms with van der Waals surface area (Å²) >= 11 is 0. The Morgan fingerprint density at radius 2 is 2.00 bits per heavy atom. The molecule has 112 valence electrons. The van der Waals surface area contributed by atoms with Crippen LogP contribution >= 0.6 is 0 Å². The lowest BCUT2D eigenvalue weighted by atomic mass is 10.1. The molecular weight excluding hydrogens is 314 g/mol. The standard InChI is InChI=1S/C12H13N3O4S2/c1-15-12(6-7-13-15)21(18,19)14-10-8-20(16,17)11-5-3-2-4-9(10)11/h2-7,10,14H,8H2,1H3/t10-/m0/s1. The van der Waals surface area contributed by atoms with Gasteiger partial charge in [0.2, 0.25) is 0 Å². The Kier molecular flexibility index (Phi) is 3.15. The molecule has 0 bridgehead atoms. The molecule has 7 nitrogen and oxygen atoms in total. The molecule has 1 aromatic carbocycles. The molecule has 0 aliphatic carbocycles. The lowest BCUT2D eigenvalue weighted by Crippen LogP contribution is -2.31. The van der Waals surface area contributed by atoms with Gasteiger partial charge in [0.25, 0.3) is 10.0 Å². The highest BCUT2D eigenvalue weighted by atomic mass is 32.2. The van der Waals surface area contributed by atoms with E-state index in [4.69, 9.17) is 0 Å². The Balaban J connectivity index is 2.00. The van der Waals surface area contributed by atoms with E-state index in [-0.39, 0.29) is 15.7 Å². The number of sulfone groups is 1. The van der Waals surface area contributed by atoms with Crippen molar-refractivity contribution in [2.75, 3.05) is 5.75 Å². The van der Waals surface area contributed by atoms with E-state index in [0.717, 1.165) is 0 Å². The van der Waals surface area contributed by atoms with Crippen LogP contribution < -0.4 is 4.72 Å². The Morgan fingerprint density at radius 1 is 1.29 bits per heavy atom. The molecule has 0 fully saturated rings. The quantitative estimate of drug-likeness (QED) is 0.870. The van der Waals surface area contributed by atoms with Gasteiger partial charge in [0.1, 0.15) is 0 Å². The van der Waals surface area contributed by atoms with Crippen molar-refractivity contribution in [3.05, 3.63) is 42.1 Å². The number of nitrogens with zero attached hydrogens (tertiary/aromatic N) is 2. The van der Waals surface area contributed by atoms with Crippen molar-refractivity contribution in [1.82, 2.24) is 14.5 Å². The molecule has 0 saturated carbocycles. The van der Waals surface area contributed by atoms with Crippen LogP contribution in [0.4, 0.5) is 0 Å². The van der Waals surface area contributed by atoms with E-state index in [9.17, 15) is 16.8 Å². The highest BCUT2D eigenvalue weighted by Gasteiger charge is 2.37. The summed E-state index contributed by atoms with van der Waals surface area (Å²) in [6.07, 6.45) is 1.37. The Morgan fingerprint density at radius 3 is 2.67 bits per heavy atom. The van der Waals surface area contributed by atoms with E-state index >= 15 is 0 Å². The van der Waals surface area contributed by atoms with Gasteiger partial charge in [-0.3, -0.25) is 4.68 Å². The zero-order valence-corrected chi connectivity index (χ0v) is 12.7. The van der Waals surface area contributed by atoms with Gasteiger partial charge in [-0.1, -0.05) is 18.2 Å². The zero-order chi connectivity index (χ0) is 15.3. The van der Waals surface area contributed by atoms with Gasteiger partial charge < -0.3 is 0 Å². The van der Waals surface area contributed by atoms with E-state index < -0.39 is 25.9 Å². The predicted molar refractivity (Wildman–Crippen MR) is 74.8 cm³/mol. The normalized spacial score (nSPS) is 20.3. The predicted octanol–water partition coefficient (Wildman–Crippen LogP) is 0.227. The Labute approximate surface area is 122 Å². The molecule has 2 heterocycles. The molecule has 3 rings (SSSR count). The van der Waals surface area contributed by atoms with Crippen molar-refractivity contribution in [1.29, 1.82) is 0 Å². The number of benzene rings is 1. The second kappa shape index (κ2) is 4.65. The minimum atomic E-state index is -3.84. The molecule has 0 radical (unpaired) electrons. The van der Waals surface area contributed by atoms with Crippen LogP contribution in [0.15, 0.2) is 46.5 Å². The van der Waals surface area contributed by atoms with E-state index in [1.165, 1.54) is 30.1 Å². The number of rotatable bonds is 3. The van der Waals surface area contributed by atoms with Crippen LogP contribution in [0.2, 0.25) is 0 Å². The van der Waals surface area contributed by atoms with Crippen molar-refractivity contribution in [3.63, 3.8) is 0 Å². The first-order valence-corrected chi connectivity index (χ1v) is 9.27. The van der Waals surface area contributed by atoms with E-state index in [2.05, 4.69) is 9.82 Å². The van der Waals surface area contributed by atoms with Crippen molar-refractivity contribution in [3.8, 4) is 0 Å². The Hall–Kier alpha value is -1.71. The second-order valence-electron chi connectivity index (χ2n) is 4.79. The third-order valence-electron chi connectivity index (χ3n) is 3.36. The summed E-state index contributed by atoms with van der Waals surface area (Å²) in [6.45, 7) is 0. The molecule has 1 N–H and O–H groups in total. The van der Waals surface area contributed by atoms with E-state index in [1.54, 1.807) is 18.2 Å². The van der Waals surface area contributed by atoms with Crippen LogP contribution in [0, 0.1) is 0 Å². The molecule has 1 atom stereocenters. The van der Waals surface area contributed by atoms with Crippen LogP contribution in [0.1, 0.15) is 11.6 Å². The highest BCUT2D eigenvalue weighted by Crippen LogP contribution is 2.33. The first-order valence-electron chi connectivity index (χ1n) is 6.13. The number of hydrogen-bond acceptors (Lipinski definition) is 5. The maximum atomic E-state index is 12.3. The molecule has 1 aliphatic heterocycles. The fourth-order valence-corrected chi connectivity index (χ4v) is 5.60. The fraction of sp³-hybridized carbons (Fsp3) is 0.250. The summed E-state index contributed by atoms with van der Waals surface area (Å²) in [4.78, 5) is 0.183. The van der Waals surface area contributed by atoms with Crippen LogP contribution in [-0.2, 0) is 26.9 Å². The van der Waals surface area contributed by atoms with Gasteiger partial charge in [-0.05, 0) is 17.7 Å². The lowest BCUT2D eigenvalue weighted by molar-refractivity contribution is 0.550. The van der Waals surface area contributed by atoms with Gasteiger partial charge in [0.05, 0.1) is 22.9 Å². The molecule has 0 amide bonds. The Bertz CT molecular complexity index is 900. The molecule has 1 aliphatic rings. The SMILES string of the molecule is Cn1nccc1S(=O)(=O)N[C@H]1CS(=O)(=O)c2ccccc21. The molecule has 0 spiro atoms. The van der Waals surface area contributed by atoms with Crippen LogP contribution in [-0.4, -0.2) is 32.4 Å². The van der Waals surface area contributed by atoms with Gasteiger partial charge in [0.15, 0.2) is 14.9 Å². The summed E-state index contributed by atoms with van der Waals surface area (Å²) in [5.74, 6) is -0.274. The van der Waals surface area contributed by atoms with Crippen molar-refractivity contribution < 1.29 is 16.8 Å². The molecule has 21 heavy (non-hydrogen) atoms.